The molecule has 1 atom stereocenters. The van der Waals surface area contributed by atoms with Gasteiger partial charge in [-0.1, -0.05) is 62.2 Å². The third-order valence-corrected chi connectivity index (χ3v) is 2.96. The number of hydrogen-bond donors (Lipinski definition) is 0. The van der Waals surface area contributed by atoms with Gasteiger partial charge in [-0.25, -0.2) is 4.79 Å². The molecule has 0 saturated carbocycles. The van der Waals surface area contributed by atoms with Crippen molar-refractivity contribution in [3.05, 3.63) is 59.7 Å². The fourth-order valence-corrected chi connectivity index (χ4v) is 2.00. The zero-order valence-electron chi connectivity index (χ0n) is 10.6. The van der Waals surface area contributed by atoms with Gasteiger partial charge in [0.25, 0.3) is 0 Å². The Hall–Kier alpha value is -1.83. The number of benzene rings is 1. The Balaban J connectivity index is 2.09. The Morgan fingerprint density at radius 2 is 2.06 bits per heavy atom. The molecule has 94 valence electrons. The van der Waals surface area contributed by atoms with Gasteiger partial charge >= 0.3 is 5.97 Å². The summed E-state index contributed by atoms with van der Waals surface area (Å²) in [5, 5.41) is 0. The molecule has 0 fully saturated rings. The molecular weight excluding hydrogens is 224 g/mol. The quantitative estimate of drug-likeness (QED) is 0.577. The fraction of sp³-hybridized carbons (Fsp3) is 0.312. The molecule has 0 N–H and O–H groups in total. The molecule has 1 heterocycles. The normalized spacial score (nSPS) is 19.1. The first-order valence-corrected chi connectivity index (χ1v) is 6.45. The highest BCUT2D eigenvalue weighted by molar-refractivity contribution is 5.87. The molecule has 2 heteroatoms. The number of cyclic esters (lactones) is 1. The van der Waals surface area contributed by atoms with Gasteiger partial charge in [-0.2, -0.15) is 0 Å². The van der Waals surface area contributed by atoms with Crippen LogP contribution in [0.15, 0.2) is 54.1 Å². The number of rotatable bonds is 5. The summed E-state index contributed by atoms with van der Waals surface area (Å²) in [4.78, 5) is 11.4. The van der Waals surface area contributed by atoms with Gasteiger partial charge in [0.05, 0.1) is 0 Å². The minimum atomic E-state index is -0.251. The van der Waals surface area contributed by atoms with Crippen molar-refractivity contribution >= 4 is 5.97 Å². The molecule has 1 aromatic rings. The Kier molecular flexibility index (Phi) is 4.35. The second-order valence-corrected chi connectivity index (χ2v) is 4.42. The summed E-state index contributed by atoms with van der Waals surface area (Å²) in [7, 11) is 0. The van der Waals surface area contributed by atoms with E-state index in [2.05, 4.69) is 13.0 Å². The van der Waals surface area contributed by atoms with Gasteiger partial charge in [-0.05, 0) is 12.0 Å². The van der Waals surface area contributed by atoms with Crippen LogP contribution in [0.1, 0.15) is 37.9 Å². The van der Waals surface area contributed by atoms with Crippen LogP contribution in [0.3, 0.4) is 0 Å². The topological polar surface area (TPSA) is 26.3 Å². The summed E-state index contributed by atoms with van der Waals surface area (Å²) in [6, 6.07) is 9.84. The summed E-state index contributed by atoms with van der Waals surface area (Å²) in [6.45, 7) is 2.17. The van der Waals surface area contributed by atoms with Crippen LogP contribution in [-0.2, 0) is 9.53 Å². The van der Waals surface area contributed by atoms with Gasteiger partial charge in [0.15, 0.2) is 6.10 Å². The van der Waals surface area contributed by atoms with Crippen molar-refractivity contribution in [3.8, 4) is 0 Å². The van der Waals surface area contributed by atoms with E-state index in [1.165, 1.54) is 12.8 Å². The number of carbonyl (C=O) groups excluding carboxylic acids is 1. The van der Waals surface area contributed by atoms with Crippen molar-refractivity contribution in [2.75, 3.05) is 0 Å². The van der Waals surface area contributed by atoms with Gasteiger partial charge < -0.3 is 4.74 Å². The van der Waals surface area contributed by atoms with Crippen LogP contribution >= 0.6 is 0 Å². The van der Waals surface area contributed by atoms with Gasteiger partial charge in [0.1, 0.15) is 0 Å². The molecule has 18 heavy (non-hydrogen) atoms. The van der Waals surface area contributed by atoms with Crippen LogP contribution < -0.4 is 0 Å². The van der Waals surface area contributed by atoms with Crippen molar-refractivity contribution in [2.45, 2.75) is 32.3 Å². The summed E-state index contributed by atoms with van der Waals surface area (Å²) in [5.74, 6) is -0.251. The van der Waals surface area contributed by atoms with Gasteiger partial charge in [0.2, 0.25) is 0 Å². The summed E-state index contributed by atoms with van der Waals surface area (Å²) >= 11 is 0. The zero-order chi connectivity index (χ0) is 12.8. The summed E-state index contributed by atoms with van der Waals surface area (Å²) in [6.07, 6.45) is 8.88. The van der Waals surface area contributed by atoms with Crippen molar-refractivity contribution in [1.29, 1.82) is 0 Å². The Labute approximate surface area is 108 Å². The van der Waals surface area contributed by atoms with Crippen LogP contribution in [0.4, 0.5) is 0 Å². The number of carbonyl (C=O) groups is 1. The maximum absolute atomic E-state index is 11.4. The van der Waals surface area contributed by atoms with Crippen LogP contribution in [0.2, 0.25) is 0 Å². The zero-order valence-corrected chi connectivity index (χ0v) is 10.6. The maximum atomic E-state index is 11.4. The number of allylic oxidation sites excluding steroid dienone is 1. The molecule has 0 aromatic heterocycles. The van der Waals surface area contributed by atoms with Crippen molar-refractivity contribution in [1.82, 2.24) is 0 Å². The average molecular weight is 242 g/mol. The van der Waals surface area contributed by atoms with Gasteiger partial charge in [0, 0.05) is 11.6 Å². The number of unbranched alkanes of at least 4 members (excludes halogenated alkanes) is 2. The molecule has 1 unspecified atom stereocenters. The van der Waals surface area contributed by atoms with E-state index in [9.17, 15) is 4.79 Å². The second-order valence-electron chi connectivity index (χ2n) is 4.42. The molecule has 1 aromatic carbocycles. The number of esters is 1. The minimum Gasteiger partial charge on any atom is -0.449 e. The highest BCUT2D eigenvalue weighted by Gasteiger charge is 2.25. The Bertz CT molecular complexity index is 457. The largest absolute Gasteiger partial charge is 0.449 e. The van der Waals surface area contributed by atoms with Gasteiger partial charge in [-0.15, -0.1) is 0 Å². The molecule has 1 aliphatic rings. The third-order valence-electron chi connectivity index (χ3n) is 2.96. The van der Waals surface area contributed by atoms with E-state index in [1.54, 1.807) is 6.08 Å². The molecule has 0 spiro atoms. The molecule has 0 saturated heterocycles. The van der Waals surface area contributed by atoms with E-state index in [-0.39, 0.29) is 12.1 Å². The monoisotopic (exact) mass is 242 g/mol. The van der Waals surface area contributed by atoms with E-state index in [1.807, 2.05) is 36.4 Å². The molecule has 1 aliphatic heterocycles. The van der Waals surface area contributed by atoms with E-state index < -0.39 is 0 Å². The first-order chi connectivity index (χ1) is 8.81. The van der Waals surface area contributed by atoms with Gasteiger partial charge in [-0.3, -0.25) is 0 Å². The van der Waals surface area contributed by atoms with Crippen LogP contribution in [0.25, 0.3) is 0 Å². The maximum Gasteiger partial charge on any atom is 0.332 e. The molecular formula is C16H18O2. The van der Waals surface area contributed by atoms with E-state index >= 15 is 0 Å². The molecule has 2 nitrogen and oxygen atoms in total. The highest BCUT2D eigenvalue weighted by atomic mass is 16.5. The van der Waals surface area contributed by atoms with Crippen molar-refractivity contribution < 1.29 is 9.53 Å². The Morgan fingerprint density at radius 1 is 1.28 bits per heavy atom. The lowest BCUT2D eigenvalue weighted by Gasteiger charge is -2.12. The summed E-state index contributed by atoms with van der Waals surface area (Å²) in [5.41, 5.74) is 1.97. The smallest absolute Gasteiger partial charge is 0.332 e. The molecule has 0 aliphatic carbocycles. The lowest BCUT2D eigenvalue weighted by atomic mass is 10.0. The first-order valence-electron chi connectivity index (χ1n) is 6.45. The van der Waals surface area contributed by atoms with E-state index in [0.29, 0.717) is 0 Å². The van der Waals surface area contributed by atoms with Crippen LogP contribution in [0.5, 0.6) is 0 Å². The molecule has 0 radical (unpaired) electrons. The lowest BCUT2D eigenvalue weighted by Crippen LogP contribution is -2.02. The summed E-state index contributed by atoms with van der Waals surface area (Å²) < 4.78 is 5.33. The predicted molar refractivity (Wildman–Crippen MR) is 72.0 cm³/mol. The Morgan fingerprint density at radius 3 is 2.78 bits per heavy atom. The van der Waals surface area contributed by atoms with Crippen LogP contribution in [-0.4, -0.2) is 5.97 Å². The predicted octanol–water partition coefficient (Wildman–Crippen LogP) is 3.96. The highest BCUT2D eigenvalue weighted by Crippen LogP contribution is 2.31. The SMILES string of the molecule is CCCC/C=C/C1=CC(=O)OC1c1ccccc1. The average Bonchev–Trinajstić information content (AvgIpc) is 2.77. The lowest BCUT2D eigenvalue weighted by molar-refractivity contribution is -0.139. The number of hydrogen-bond acceptors (Lipinski definition) is 2. The minimum absolute atomic E-state index is 0.239. The fourth-order valence-electron chi connectivity index (χ4n) is 2.00. The van der Waals surface area contributed by atoms with E-state index in [4.69, 9.17) is 4.74 Å². The number of ether oxygens (including phenoxy) is 1. The third kappa shape index (κ3) is 3.10. The molecule has 2 rings (SSSR count). The van der Waals surface area contributed by atoms with Crippen LogP contribution in [0, 0.1) is 0 Å². The van der Waals surface area contributed by atoms with E-state index in [0.717, 1.165) is 17.6 Å². The standard InChI is InChI=1S/C16H18O2/c1-2-3-4-6-11-14-12-15(17)18-16(14)13-9-7-5-8-10-13/h5-12,16H,2-4H2,1H3/b11-6+. The first kappa shape index (κ1) is 12.6. The second kappa shape index (κ2) is 6.20. The van der Waals surface area contributed by atoms with Crippen molar-refractivity contribution in [2.24, 2.45) is 0 Å². The molecule has 0 bridgehead atoms. The molecule has 0 amide bonds. The van der Waals surface area contributed by atoms with Crippen molar-refractivity contribution in [3.63, 3.8) is 0 Å².